The van der Waals surface area contributed by atoms with Crippen LogP contribution in [0.4, 0.5) is 18.9 Å². The number of aliphatic hydroxyl groups excluding tert-OH is 1. The molecule has 0 saturated carbocycles. The highest BCUT2D eigenvalue weighted by Crippen LogP contribution is 2.41. The Morgan fingerprint density at radius 3 is 2.78 bits per heavy atom. The summed E-state index contributed by atoms with van der Waals surface area (Å²) in [5.74, 6) is -0.779. The molecule has 1 atom stereocenters. The molecule has 3 aromatic rings. The van der Waals surface area contributed by atoms with Gasteiger partial charge in [0.15, 0.2) is 0 Å². The van der Waals surface area contributed by atoms with E-state index in [1.54, 1.807) is 15.6 Å². The summed E-state index contributed by atoms with van der Waals surface area (Å²) in [4.78, 5) is 16.3. The van der Waals surface area contributed by atoms with Crippen molar-refractivity contribution >= 4 is 17.1 Å². The number of fused-ring (bicyclic) bond motifs is 1. The number of aromatic nitrogens is 2. The molecule has 32 heavy (non-hydrogen) atoms. The number of β-amino-alcohol motifs (C(OH)–C–C–N with tert-alkyl or cyclic N) is 1. The summed E-state index contributed by atoms with van der Waals surface area (Å²) in [6.45, 7) is -1.79. The van der Waals surface area contributed by atoms with Gasteiger partial charge < -0.3 is 19.6 Å². The van der Waals surface area contributed by atoms with Gasteiger partial charge in [0.1, 0.15) is 11.6 Å². The Balaban J connectivity index is 1.49. The number of carbonyl (C=O) groups excluding carboxylic acids is 1. The van der Waals surface area contributed by atoms with Crippen molar-refractivity contribution in [1.29, 1.82) is 0 Å². The summed E-state index contributed by atoms with van der Waals surface area (Å²) in [5.41, 5.74) is 2.15. The Kier molecular flexibility index (Phi) is 5.16. The number of aliphatic hydroxyl groups is 1. The number of halogens is 3. The van der Waals surface area contributed by atoms with Crippen molar-refractivity contribution in [2.75, 3.05) is 24.5 Å². The number of ether oxygens (including phenoxy) is 1. The number of rotatable bonds is 5. The zero-order valence-electron chi connectivity index (χ0n) is 17.0. The Hall–Kier alpha value is -3.27. The molecule has 0 bridgehead atoms. The van der Waals surface area contributed by atoms with E-state index in [1.807, 2.05) is 17.0 Å². The van der Waals surface area contributed by atoms with Crippen LogP contribution in [0.1, 0.15) is 34.8 Å². The van der Waals surface area contributed by atoms with E-state index in [0.717, 1.165) is 18.2 Å². The van der Waals surface area contributed by atoms with E-state index < -0.39 is 18.5 Å². The third-order valence-corrected chi connectivity index (χ3v) is 6.02. The zero-order valence-corrected chi connectivity index (χ0v) is 17.0. The molecule has 1 aromatic carbocycles. The molecule has 1 N–H and O–H groups in total. The lowest BCUT2D eigenvalue weighted by molar-refractivity contribution is -0.0506. The first-order valence-corrected chi connectivity index (χ1v) is 10.4. The van der Waals surface area contributed by atoms with Crippen molar-refractivity contribution in [3.8, 4) is 5.75 Å². The minimum atomic E-state index is -3.01. The summed E-state index contributed by atoms with van der Waals surface area (Å²) < 4.78 is 46.0. The molecule has 10 heteroatoms. The maximum atomic E-state index is 14.0. The number of pyridine rings is 1. The van der Waals surface area contributed by atoms with E-state index in [2.05, 4.69) is 9.84 Å². The number of nitrogens with zero attached hydrogens (tertiary/aromatic N) is 4. The third-order valence-electron chi connectivity index (χ3n) is 6.02. The molecule has 168 valence electrons. The summed E-state index contributed by atoms with van der Waals surface area (Å²) in [7, 11) is 0. The molecule has 0 aliphatic carbocycles. The fourth-order valence-corrected chi connectivity index (χ4v) is 4.49. The predicted octanol–water partition coefficient (Wildman–Crippen LogP) is 3.23. The van der Waals surface area contributed by atoms with Crippen LogP contribution in [0.3, 0.4) is 0 Å². The van der Waals surface area contributed by atoms with Gasteiger partial charge in [0, 0.05) is 37.1 Å². The Labute approximate surface area is 181 Å². The van der Waals surface area contributed by atoms with Gasteiger partial charge >= 0.3 is 6.61 Å². The van der Waals surface area contributed by atoms with Gasteiger partial charge in [-0.15, -0.1) is 0 Å². The fourth-order valence-electron chi connectivity index (χ4n) is 4.49. The Bertz CT molecular complexity index is 1160. The van der Waals surface area contributed by atoms with E-state index in [0.29, 0.717) is 29.6 Å². The molecule has 4 heterocycles. The van der Waals surface area contributed by atoms with Crippen LogP contribution in [0.25, 0.3) is 5.52 Å². The first-order valence-electron chi connectivity index (χ1n) is 10.4. The largest absolute Gasteiger partial charge is 0.434 e. The van der Waals surface area contributed by atoms with E-state index in [1.165, 1.54) is 18.3 Å². The first kappa shape index (κ1) is 20.6. The maximum absolute atomic E-state index is 14.0. The molecule has 0 radical (unpaired) electrons. The summed E-state index contributed by atoms with van der Waals surface area (Å²) in [5, 5.41) is 13.7. The molecule has 1 amide bonds. The van der Waals surface area contributed by atoms with Crippen LogP contribution in [0.2, 0.25) is 0 Å². The minimum absolute atomic E-state index is 0.0454. The molecule has 2 fully saturated rings. The van der Waals surface area contributed by atoms with Gasteiger partial charge in [-0.25, -0.2) is 8.91 Å². The van der Waals surface area contributed by atoms with Crippen LogP contribution in [0.5, 0.6) is 5.75 Å². The van der Waals surface area contributed by atoms with Crippen molar-refractivity contribution in [2.45, 2.75) is 31.6 Å². The summed E-state index contributed by atoms with van der Waals surface area (Å²) >= 11 is 0. The minimum Gasteiger partial charge on any atom is -0.434 e. The van der Waals surface area contributed by atoms with Gasteiger partial charge in [-0.3, -0.25) is 4.79 Å². The molecule has 1 unspecified atom stereocenters. The number of hydrogen-bond acceptors (Lipinski definition) is 5. The number of anilines is 1. The number of likely N-dealkylation sites (tertiary alicyclic amines) is 1. The van der Waals surface area contributed by atoms with Crippen LogP contribution in [-0.4, -0.2) is 57.9 Å². The average Bonchev–Trinajstić information content (AvgIpc) is 3.38. The van der Waals surface area contributed by atoms with Gasteiger partial charge in [0.05, 0.1) is 29.4 Å². The molecule has 2 saturated heterocycles. The smallest absolute Gasteiger partial charge is 0.387 e. The average molecular weight is 446 g/mol. The second-order valence-electron chi connectivity index (χ2n) is 8.05. The lowest BCUT2D eigenvalue weighted by Crippen LogP contribution is -2.53. The number of amides is 1. The van der Waals surface area contributed by atoms with Gasteiger partial charge in [-0.05, 0) is 43.2 Å². The molecule has 2 aliphatic rings. The van der Waals surface area contributed by atoms with E-state index in [4.69, 9.17) is 0 Å². The fraction of sp³-hybridized carbons (Fsp3) is 0.364. The van der Waals surface area contributed by atoms with Crippen molar-refractivity contribution in [3.63, 3.8) is 0 Å². The normalized spacial score (nSPS) is 19.1. The molecule has 0 spiro atoms. The zero-order chi connectivity index (χ0) is 22.4. The van der Waals surface area contributed by atoms with Crippen LogP contribution >= 0.6 is 0 Å². The molecule has 2 aliphatic heterocycles. The van der Waals surface area contributed by atoms with Crippen LogP contribution in [0, 0.1) is 5.82 Å². The second kappa shape index (κ2) is 8.01. The van der Waals surface area contributed by atoms with Crippen molar-refractivity contribution in [2.24, 2.45) is 0 Å². The predicted molar refractivity (Wildman–Crippen MR) is 109 cm³/mol. The molecular weight excluding hydrogens is 425 g/mol. The molecular formula is C22H21F3N4O3. The maximum Gasteiger partial charge on any atom is 0.387 e. The molecule has 2 aromatic heterocycles. The highest BCUT2D eigenvalue weighted by Gasteiger charge is 2.32. The van der Waals surface area contributed by atoms with Crippen molar-refractivity contribution in [3.05, 3.63) is 59.7 Å². The van der Waals surface area contributed by atoms with Crippen LogP contribution in [-0.2, 0) is 0 Å². The monoisotopic (exact) mass is 446 g/mol. The van der Waals surface area contributed by atoms with Crippen molar-refractivity contribution < 1.29 is 27.8 Å². The number of hydrogen-bond donors (Lipinski definition) is 1. The van der Waals surface area contributed by atoms with Gasteiger partial charge in [-0.2, -0.15) is 13.9 Å². The molecule has 7 nitrogen and oxygen atoms in total. The highest BCUT2D eigenvalue weighted by atomic mass is 19.3. The standard InChI is InChI=1S/C22H21F3N4O3/c23-13-3-4-20(32-22(24)25)16(8-13)18-2-1-6-28(18)14-5-7-29-19(9-14)17(10-26-29)21(31)27-11-15(30)12-27/h3-5,7-10,15,18,22,30H,1-2,6,11-12H2. The summed E-state index contributed by atoms with van der Waals surface area (Å²) in [6.07, 6.45) is 4.15. The van der Waals surface area contributed by atoms with Crippen LogP contribution < -0.4 is 9.64 Å². The van der Waals surface area contributed by atoms with E-state index in [9.17, 15) is 23.1 Å². The summed E-state index contributed by atoms with van der Waals surface area (Å²) in [6, 6.07) is 6.86. The highest BCUT2D eigenvalue weighted by molar-refractivity contribution is 6.01. The lowest BCUT2D eigenvalue weighted by Gasteiger charge is -2.35. The third kappa shape index (κ3) is 3.64. The van der Waals surface area contributed by atoms with Gasteiger partial charge in [0.2, 0.25) is 0 Å². The first-order chi connectivity index (χ1) is 15.4. The van der Waals surface area contributed by atoms with E-state index in [-0.39, 0.29) is 30.8 Å². The van der Waals surface area contributed by atoms with Crippen LogP contribution in [0.15, 0.2) is 42.7 Å². The Morgan fingerprint density at radius 2 is 2.03 bits per heavy atom. The number of carbonyl (C=O) groups is 1. The number of benzene rings is 1. The van der Waals surface area contributed by atoms with Gasteiger partial charge in [0.25, 0.3) is 5.91 Å². The lowest BCUT2D eigenvalue weighted by atomic mass is 10.0. The Morgan fingerprint density at radius 1 is 1.22 bits per heavy atom. The van der Waals surface area contributed by atoms with Gasteiger partial charge in [-0.1, -0.05) is 0 Å². The number of alkyl halides is 2. The molecule has 5 rings (SSSR count). The topological polar surface area (TPSA) is 70.3 Å². The SMILES string of the molecule is O=C(c1cnn2ccc(N3CCCC3c3cc(F)ccc3OC(F)F)cc12)N1CC(O)C1. The van der Waals surface area contributed by atoms with E-state index >= 15 is 0 Å². The van der Waals surface area contributed by atoms with Crippen molar-refractivity contribution in [1.82, 2.24) is 14.5 Å². The second-order valence-corrected chi connectivity index (χ2v) is 8.05. The quantitative estimate of drug-likeness (QED) is 0.652.